The monoisotopic (exact) mass is 255 g/mol. The summed E-state index contributed by atoms with van der Waals surface area (Å²) in [5, 5.41) is 0. The molecule has 4 atom stereocenters. The van der Waals surface area contributed by atoms with Crippen molar-refractivity contribution in [3.05, 3.63) is 35.9 Å². The Labute approximate surface area is 116 Å². The molecular weight excluding hydrogens is 230 g/mol. The van der Waals surface area contributed by atoms with Crippen molar-refractivity contribution in [2.24, 2.45) is 17.1 Å². The molecular formula is C18H25N. The van der Waals surface area contributed by atoms with Crippen molar-refractivity contribution >= 4 is 0 Å². The van der Waals surface area contributed by atoms with Crippen LogP contribution in [0.1, 0.15) is 57.4 Å². The molecule has 0 amide bonds. The molecule has 0 spiro atoms. The van der Waals surface area contributed by atoms with Crippen LogP contribution in [0.25, 0.3) is 0 Å². The van der Waals surface area contributed by atoms with Crippen molar-refractivity contribution in [1.82, 2.24) is 0 Å². The fourth-order valence-corrected chi connectivity index (χ4v) is 6.22. The Morgan fingerprint density at radius 3 is 2.53 bits per heavy atom. The van der Waals surface area contributed by atoms with Crippen LogP contribution < -0.4 is 5.73 Å². The van der Waals surface area contributed by atoms with E-state index >= 15 is 0 Å². The minimum Gasteiger partial charge on any atom is -0.325 e. The molecule has 0 heterocycles. The molecule has 4 saturated carbocycles. The summed E-state index contributed by atoms with van der Waals surface area (Å²) in [5.41, 5.74) is 9.44. The summed E-state index contributed by atoms with van der Waals surface area (Å²) in [6.07, 6.45) is 9.31. The molecule has 4 bridgehead atoms. The molecule has 1 aromatic carbocycles. The van der Waals surface area contributed by atoms with Gasteiger partial charge in [-0.05, 0) is 60.8 Å². The molecule has 1 heteroatoms. The molecule has 19 heavy (non-hydrogen) atoms. The van der Waals surface area contributed by atoms with Crippen LogP contribution in [0, 0.1) is 11.3 Å². The number of rotatable bonds is 2. The van der Waals surface area contributed by atoms with Gasteiger partial charge in [0.2, 0.25) is 0 Å². The molecule has 0 aliphatic heterocycles. The summed E-state index contributed by atoms with van der Waals surface area (Å²) in [4.78, 5) is 0. The Bertz CT molecular complexity index is 496. The van der Waals surface area contributed by atoms with Crippen LogP contribution in [0.15, 0.2) is 30.3 Å². The van der Waals surface area contributed by atoms with Gasteiger partial charge in [-0.15, -0.1) is 0 Å². The average Bonchev–Trinajstić information content (AvgIpc) is 2.37. The maximum Gasteiger partial charge on any atom is 0.0170 e. The summed E-state index contributed by atoms with van der Waals surface area (Å²) in [6, 6.07) is 11.2. The lowest BCUT2D eigenvalue weighted by Gasteiger charge is -2.66. The van der Waals surface area contributed by atoms with Crippen molar-refractivity contribution in [1.29, 1.82) is 0 Å². The van der Waals surface area contributed by atoms with Gasteiger partial charge in [0.1, 0.15) is 0 Å². The summed E-state index contributed by atoms with van der Waals surface area (Å²) in [5.74, 6) is 0.876. The lowest BCUT2D eigenvalue weighted by molar-refractivity contribution is -0.0870. The SMILES string of the molecule is CC[C@@]12C[C@H]3C[C@@](N)(C1)C[C@](c1ccccc1)(C3)C2. The smallest absolute Gasteiger partial charge is 0.0170 e. The van der Waals surface area contributed by atoms with E-state index in [1.165, 1.54) is 44.9 Å². The van der Waals surface area contributed by atoms with E-state index < -0.39 is 0 Å². The molecule has 5 rings (SSSR count). The van der Waals surface area contributed by atoms with E-state index in [1.54, 1.807) is 5.56 Å². The summed E-state index contributed by atoms with van der Waals surface area (Å²) in [6.45, 7) is 2.38. The van der Waals surface area contributed by atoms with Crippen molar-refractivity contribution in [3.8, 4) is 0 Å². The lowest BCUT2D eigenvalue weighted by atomic mass is 9.40. The van der Waals surface area contributed by atoms with Gasteiger partial charge in [-0.3, -0.25) is 0 Å². The van der Waals surface area contributed by atoms with Gasteiger partial charge in [0.25, 0.3) is 0 Å². The first kappa shape index (κ1) is 12.0. The van der Waals surface area contributed by atoms with Gasteiger partial charge in [0.05, 0.1) is 0 Å². The zero-order valence-electron chi connectivity index (χ0n) is 12.0. The molecule has 4 fully saturated rings. The Kier molecular flexibility index (Phi) is 2.29. The molecule has 4 aliphatic rings. The third-order valence-corrected chi connectivity index (χ3v) is 6.36. The minimum atomic E-state index is 0.130. The van der Waals surface area contributed by atoms with Gasteiger partial charge in [-0.2, -0.15) is 0 Å². The second-order valence-corrected chi connectivity index (χ2v) is 7.87. The molecule has 0 radical (unpaired) electrons. The third-order valence-electron chi connectivity index (χ3n) is 6.36. The van der Waals surface area contributed by atoms with E-state index in [0.29, 0.717) is 10.8 Å². The maximum atomic E-state index is 6.80. The van der Waals surface area contributed by atoms with Gasteiger partial charge in [-0.25, -0.2) is 0 Å². The van der Waals surface area contributed by atoms with Crippen molar-refractivity contribution in [2.75, 3.05) is 0 Å². The van der Waals surface area contributed by atoms with Crippen molar-refractivity contribution < 1.29 is 0 Å². The van der Waals surface area contributed by atoms with Crippen LogP contribution in [-0.2, 0) is 5.41 Å². The van der Waals surface area contributed by atoms with Crippen LogP contribution in [-0.4, -0.2) is 5.54 Å². The van der Waals surface area contributed by atoms with E-state index in [2.05, 4.69) is 37.3 Å². The quantitative estimate of drug-likeness (QED) is 0.848. The van der Waals surface area contributed by atoms with Crippen molar-refractivity contribution in [3.63, 3.8) is 0 Å². The lowest BCUT2D eigenvalue weighted by Crippen LogP contribution is -2.65. The first-order valence-electron chi connectivity index (χ1n) is 7.92. The zero-order valence-corrected chi connectivity index (χ0v) is 12.0. The van der Waals surface area contributed by atoms with Crippen LogP contribution in [0.3, 0.4) is 0 Å². The second-order valence-electron chi connectivity index (χ2n) is 7.87. The largest absolute Gasteiger partial charge is 0.325 e. The normalized spacial score (nSPS) is 47.6. The fourth-order valence-electron chi connectivity index (χ4n) is 6.22. The van der Waals surface area contributed by atoms with Crippen molar-refractivity contribution in [2.45, 2.75) is 62.8 Å². The van der Waals surface area contributed by atoms with Gasteiger partial charge in [-0.1, -0.05) is 43.7 Å². The van der Waals surface area contributed by atoms with Gasteiger partial charge >= 0.3 is 0 Å². The first-order chi connectivity index (χ1) is 9.07. The first-order valence-corrected chi connectivity index (χ1v) is 7.92. The Hall–Kier alpha value is -0.820. The zero-order chi connectivity index (χ0) is 13.1. The van der Waals surface area contributed by atoms with E-state index in [4.69, 9.17) is 5.73 Å². The molecule has 102 valence electrons. The van der Waals surface area contributed by atoms with Crippen LogP contribution >= 0.6 is 0 Å². The highest BCUT2D eigenvalue weighted by Crippen LogP contribution is 2.67. The van der Waals surface area contributed by atoms with E-state index in [1.807, 2.05) is 0 Å². The molecule has 2 N–H and O–H groups in total. The van der Waals surface area contributed by atoms with Crippen LogP contribution in [0.2, 0.25) is 0 Å². The molecule has 0 aromatic heterocycles. The van der Waals surface area contributed by atoms with Gasteiger partial charge in [0, 0.05) is 5.54 Å². The second kappa shape index (κ2) is 3.63. The number of nitrogens with two attached hydrogens (primary N) is 1. The molecule has 0 saturated heterocycles. The summed E-state index contributed by atoms with van der Waals surface area (Å²) in [7, 11) is 0. The Morgan fingerprint density at radius 1 is 1.05 bits per heavy atom. The Balaban J connectivity index is 1.82. The predicted molar refractivity (Wildman–Crippen MR) is 79.0 cm³/mol. The van der Waals surface area contributed by atoms with E-state index in [0.717, 1.165) is 5.92 Å². The Morgan fingerprint density at radius 2 is 1.84 bits per heavy atom. The van der Waals surface area contributed by atoms with Gasteiger partial charge < -0.3 is 5.73 Å². The highest BCUT2D eigenvalue weighted by molar-refractivity contribution is 5.32. The highest BCUT2D eigenvalue weighted by Gasteiger charge is 2.61. The molecule has 4 aliphatic carbocycles. The maximum absolute atomic E-state index is 6.80. The molecule has 1 nitrogen and oxygen atoms in total. The topological polar surface area (TPSA) is 26.0 Å². The molecule has 0 unspecified atom stereocenters. The number of hydrogen-bond acceptors (Lipinski definition) is 1. The summed E-state index contributed by atoms with van der Waals surface area (Å²) < 4.78 is 0. The van der Waals surface area contributed by atoms with Crippen LogP contribution in [0.5, 0.6) is 0 Å². The molecule has 1 aromatic rings. The van der Waals surface area contributed by atoms with Gasteiger partial charge in [0.15, 0.2) is 0 Å². The number of benzene rings is 1. The highest BCUT2D eigenvalue weighted by atomic mass is 14.8. The standard InChI is InChI=1S/C18H25N/c1-2-16-8-14-9-17(11-16,13-18(19,10-14)12-16)15-6-4-3-5-7-15/h3-7,14H,2,8-13,19H2,1H3/t14-,16+,17+,18-/m1/s1. The predicted octanol–water partition coefficient (Wildman–Crippen LogP) is 4.02. The minimum absolute atomic E-state index is 0.130. The van der Waals surface area contributed by atoms with Crippen LogP contribution in [0.4, 0.5) is 0 Å². The average molecular weight is 255 g/mol. The third kappa shape index (κ3) is 1.64. The van der Waals surface area contributed by atoms with E-state index in [-0.39, 0.29) is 5.54 Å². The summed E-state index contributed by atoms with van der Waals surface area (Å²) >= 11 is 0. The fraction of sp³-hybridized carbons (Fsp3) is 0.667. The number of hydrogen-bond donors (Lipinski definition) is 1. The van der Waals surface area contributed by atoms with E-state index in [9.17, 15) is 0 Å².